The molecule has 0 bridgehead atoms. The first kappa shape index (κ1) is 28.8. The van der Waals surface area contributed by atoms with Gasteiger partial charge < -0.3 is 20.2 Å². The van der Waals surface area contributed by atoms with Crippen molar-refractivity contribution >= 4 is 17.8 Å². The number of fused-ring (bicyclic) bond motifs is 1. The number of urea groups is 1. The van der Waals surface area contributed by atoms with Gasteiger partial charge in [0, 0.05) is 36.9 Å². The first-order chi connectivity index (χ1) is 19.4. The van der Waals surface area contributed by atoms with Gasteiger partial charge in [0.15, 0.2) is 11.6 Å². The van der Waals surface area contributed by atoms with Gasteiger partial charge >= 0.3 is 12.1 Å². The normalized spacial score (nSPS) is 27.4. The molecule has 2 aromatic carbocycles. The number of nitriles is 1. The predicted molar refractivity (Wildman–Crippen MR) is 151 cm³/mol. The highest BCUT2D eigenvalue weighted by Crippen LogP contribution is 2.63. The van der Waals surface area contributed by atoms with Crippen LogP contribution in [0.2, 0.25) is 0 Å². The number of rotatable bonds is 5. The van der Waals surface area contributed by atoms with Crippen molar-refractivity contribution < 1.29 is 23.5 Å². The molecular weight excluding hydrogens is 526 g/mol. The van der Waals surface area contributed by atoms with Gasteiger partial charge in [-0.25, -0.2) is 18.4 Å². The number of carboxylic acid groups (broad SMARTS) is 1. The molecule has 2 aromatic rings. The first-order valence-electron chi connectivity index (χ1n) is 14.4. The Morgan fingerprint density at radius 3 is 2.59 bits per heavy atom. The lowest BCUT2D eigenvalue weighted by Gasteiger charge is -2.46. The summed E-state index contributed by atoms with van der Waals surface area (Å²) in [5.41, 5.74) is 1.81. The summed E-state index contributed by atoms with van der Waals surface area (Å²) in [4.78, 5) is 29.1. The molecule has 218 valence electrons. The minimum Gasteiger partial charge on any atom is -0.465 e. The average molecular weight is 565 g/mol. The van der Waals surface area contributed by atoms with E-state index in [1.54, 1.807) is 0 Å². The van der Waals surface area contributed by atoms with Gasteiger partial charge in [0.05, 0.1) is 11.6 Å². The molecule has 41 heavy (non-hydrogen) atoms. The number of nitrogens with zero attached hydrogens (tertiary/aromatic N) is 3. The summed E-state index contributed by atoms with van der Waals surface area (Å²) in [5, 5.41) is 22.0. The number of piperidine rings is 1. The van der Waals surface area contributed by atoms with Gasteiger partial charge in [-0.3, -0.25) is 0 Å². The number of nitrogens with one attached hydrogen (secondary N) is 1. The number of hydrogen-bond acceptors (Lipinski definition) is 3. The van der Waals surface area contributed by atoms with Crippen molar-refractivity contribution in [3.63, 3.8) is 0 Å². The van der Waals surface area contributed by atoms with Gasteiger partial charge in [0.1, 0.15) is 0 Å². The number of likely N-dealkylation sites (tertiary alicyclic amines) is 1. The molecule has 0 spiro atoms. The molecule has 5 rings (SSSR count). The van der Waals surface area contributed by atoms with Crippen molar-refractivity contribution in [2.24, 2.45) is 17.3 Å². The molecule has 2 aliphatic carbocycles. The lowest BCUT2D eigenvalue weighted by atomic mass is 9.76. The number of carbonyl (C=O) groups excluding carboxylic acids is 1. The van der Waals surface area contributed by atoms with Crippen LogP contribution in [-0.4, -0.2) is 52.2 Å². The number of hydrogen-bond donors (Lipinski definition) is 2. The molecule has 7 nitrogen and oxygen atoms in total. The largest absolute Gasteiger partial charge is 0.465 e. The molecule has 2 saturated carbocycles. The van der Waals surface area contributed by atoms with Gasteiger partial charge in [-0.1, -0.05) is 32.9 Å². The van der Waals surface area contributed by atoms with Crippen LogP contribution >= 0.6 is 0 Å². The summed E-state index contributed by atoms with van der Waals surface area (Å²) in [6, 6.07) is 12.8. The zero-order chi connectivity index (χ0) is 29.5. The highest BCUT2D eigenvalue weighted by molar-refractivity contribution is 5.89. The van der Waals surface area contributed by atoms with E-state index < -0.39 is 17.7 Å². The maximum atomic E-state index is 13.9. The van der Waals surface area contributed by atoms with Crippen LogP contribution in [0.1, 0.15) is 70.4 Å². The Labute approximate surface area is 240 Å². The van der Waals surface area contributed by atoms with Crippen molar-refractivity contribution in [2.75, 3.05) is 18.4 Å². The Morgan fingerprint density at radius 2 is 1.93 bits per heavy atom. The highest BCUT2D eigenvalue weighted by Gasteiger charge is 2.58. The molecular formula is C32H38F2N4O3. The molecule has 1 saturated heterocycles. The quantitative estimate of drug-likeness (QED) is 0.409. The summed E-state index contributed by atoms with van der Waals surface area (Å²) < 4.78 is 27.4. The van der Waals surface area contributed by atoms with Gasteiger partial charge in [-0.05, 0) is 91.0 Å². The van der Waals surface area contributed by atoms with Crippen LogP contribution in [0.25, 0.3) is 0 Å². The minimum atomic E-state index is -1.02. The number of anilines is 1. The molecule has 5 atom stereocenters. The molecule has 3 aliphatic rings. The van der Waals surface area contributed by atoms with Crippen LogP contribution in [0.4, 0.5) is 24.1 Å². The van der Waals surface area contributed by atoms with E-state index >= 15 is 0 Å². The maximum absolute atomic E-state index is 13.9. The fourth-order valence-electron chi connectivity index (χ4n) is 7.25. The summed E-state index contributed by atoms with van der Waals surface area (Å²) >= 11 is 0. The summed E-state index contributed by atoms with van der Waals surface area (Å²) in [7, 11) is 0. The van der Waals surface area contributed by atoms with E-state index in [0.29, 0.717) is 37.4 Å². The van der Waals surface area contributed by atoms with Crippen molar-refractivity contribution in [1.82, 2.24) is 9.80 Å². The standard InChI is InChI=1S/C32H38F2N4O3/c1-31(2,3)28-14-21(10-12-37(28)30(40)41)19-38(29(39)36-24-7-8-26(33)27(34)16-24)25-9-11-32(17-23(32)15-25)22-6-4-5-20(13-22)18-35/h4-8,13,16,21,23,25,28H,9-12,14-15,17,19H2,1-3H3,(H,36,39)(H,40,41). The molecule has 2 N–H and O–H groups in total. The van der Waals surface area contributed by atoms with E-state index in [-0.39, 0.29) is 40.6 Å². The summed E-state index contributed by atoms with van der Waals surface area (Å²) in [5.74, 6) is -1.51. The second kappa shape index (κ2) is 11.0. The van der Waals surface area contributed by atoms with E-state index in [2.05, 4.69) is 17.5 Å². The molecule has 3 amide bonds. The number of benzene rings is 2. The van der Waals surface area contributed by atoms with Crippen LogP contribution in [-0.2, 0) is 5.41 Å². The zero-order valence-corrected chi connectivity index (χ0v) is 23.9. The summed E-state index contributed by atoms with van der Waals surface area (Å²) in [6.45, 7) is 6.99. The van der Waals surface area contributed by atoms with Crippen molar-refractivity contribution in [3.05, 3.63) is 65.2 Å². The van der Waals surface area contributed by atoms with Gasteiger partial charge in [0.25, 0.3) is 0 Å². The number of halogens is 2. The lowest BCUT2D eigenvalue weighted by molar-refractivity contribution is 0.0308. The molecule has 9 heteroatoms. The van der Waals surface area contributed by atoms with Crippen LogP contribution in [0.15, 0.2) is 42.5 Å². The van der Waals surface area contributed by atoms with Crippen LogP contribution < -0.4 is 5.32 Å². The van der Waals surface area contributed by atoms with Gasteiger partial charge in [0.2, 0.25) is 0 Å². The van der Waals surface area contributed by atoms with E-state index in [1.165, 1.54) is 16.5 Å². The van der Waals surface area contributed by atoms with E-state index in [1.807, 2.05) is 43.9 Å². The molecule has 3 fully saturated rings. The number of amides is 3. The smallest absolute Gasteiger partial charge is 0.407 e. The Balaban J connectivity index is 1.36. The predicted octanol–water partition coefficient (Wildman–Crippen LogP) is 6.99. The third-order valence-electron chi connectivity index (χ3n) is 9.56. The zero-order valence-electron chi connectivity index (χ0n) is 23.9. The Bertz CT molecular complexity index is 1370. The van der Waals surface area contributed by atoms with Gasteiger partial charge in [-0.2, -0.15) is 5.26 Å². The van der Waals surface area contributed by atoms with Gasteiger partial charge in [-0.15, -0.1) is 0 Å². The van der Waals surface area contributed by atoms with E-state index in [0.717, 1.165) is 37.8 Å². The SMILES string of the molecule is CC(C)(C)C1CC(CN(C(=O)Nc2ccc(F)c(F)c2)C2CCC3(c4cccc(C#N)c4)CC3C2)CCN1C(=O)O. The number of carbonyl (C=O) groups is 2. The molecule has 0 radical (unpaired) electrons. The van der Waals surface area contributed by atoms with Crippen LogP contribution in [0.5, 0.6) is 0 Å². The van der Waals surface area contributed by atoms with Crippen molar-refractivity contribution in [1.29, 1.82) is 5.26 Å². The highest BCUT2D eigenvalue weighted by atomic mass is 19.2. The fraction of sp³-hybridized carbons (Fsp3) is 0.531. The fourth-order valence-corrected chi connectivity index (χ4v) is 7.25. The monoisotopic (exact) mass is 564 g/mol. The molecule has 1 aliphatic heterocycles. The topological polar surface area (TPSA) is 96.7 Å². The minimum absolute atomic E-state index is 0.0364. The van der Waals surface area contributed by atoms with Crippen molar-refractivity contribution in [3.8, 4) is 6.07 Å². The van der Waals surface area contributed by atoms with E-state index in [9.17, 15) is 28.7 Å². The molecule has 1 heterocycles. The van der Waals surface area contributed by atoms with Crippen LogP contribution in [0.3, 0.4) is 0 Å². The lowest BCUT2D eigenvalue weighted by Crippen LogP contribution is -2.54. The van der Waals surface area contributed by atoms with Crippen LogP contribution in [0, 0.1) is 40.2 Å². The van der Waals surface area contributed by atoms with E-state index in [4.69, 9.17) is 0 Å². The third-order valence-corrected chi connectivity index (χ3v) is 9.56. The Kier molecular flexibility index (Phi) is 7.71. The second-order valence-corrected chi connectivity index (χ2v) is 13.1. The first-order valence-corrected chi connectivity index (χ1v) is 14.4. The molecule has 0 aromatic heterocycles. The Morgan fingerprint density at radius 1 is 1.15 bits per heavy atom. The second-order valence-electron chi connectivity index (χ2n) is 13.1. The van der Waals surface area contributed by atoms with Crippen molar-refractivity contribution in [2.45, 2.75) is 76.8 Å². The average Bonchev–Trinajstić information content (AvgIpc) is 3.68. The third kappa shape index (κ3) is 5.88. The maximum Gasteiger partial charge on any atom is 0.407 e. The molecule has 5 unspecified atom stereocenters. The summed E-state index contributed by atoms with van der Waals surface area (Å²) in [6.07, 6.45) is 3.89. The Hall–Kier alpha value is -3.67.